The van der Waals surface area contributed by atoms with Crippen molar-refractivity contribution in [1.82, 2.24) is 5.32 Å². The van der Waals surface area contributed by atoms with Gasteiger partial charge in [0.25, 0.3) is 0 Å². The second-order valence-electron chi connectivity index (χ2n) is 6.00. The lowest BCUT2D eigenvalue weighted by molar-refractivity contribution is -0.119. The lowest BCUT2D eigenvalue weighted by Gasteiger charge is -2.19. The zero-order valence-corrected chi connectivity index (χ0v) is 16.7. The summed E-state index contributed by atoms with van der Waals surface area (Å²) in [5.41, 5.74) is 1.89. The van der Waals surface area contributed by atoms with Gasteiger partial charge < -0.3 is 14.4 Å². The van der Waals surface area contributed by atoms with Crippen molar-refractivity contribution in [1.29, 1.82) is 0 Å². The van der Waals surface area contributed by atoms with Crippen LogP contribution in [0, 0.1) is 5.82 Å². The lowest BCUT2D eigenvalue weighted by Crippen LogP contribution is -2.29. The Kier molecular flexibility index (Phi) is 7.72. The van der Waals surface area contributed by atoms with Crippen LogP contribution >= 0.6 is 7.60 Å². The number of benzene rings is 2. The van der Waals surface area contributed by atoms with Crippen molar-refractivity contribution in [2.75, 3.05) is 19.4 Å². The van der Waals surface area contributed by atoms with E-state index in [0.29, 0.717) is 11.1 Å². The van der Waals surface area contributed by atoms with Gasteiger partial charge in [0.05, 0.1) is 19.3 Å². The smallest absolute Gasteiger partial charge is 0.340 e. The van der Waals surface area contributed by atoms with Gasteiger partial charge in [-0.1, -0.05) is 42.5 Å². The summed E-state index contributed by atoms with van der Waals surface area (Å²) in [4.78, 5) is 12.2. The third-order valence-corrected chi connectivity index (χ3v) is 5.92. The van der Waals surface area contributed by atoms with Crippen molar-refractivity contribution in [3.05, 3.63) is 59.9 Å². The van der Waals surface area contributed by atoms with Gasteiger partial charge in [-0.15, -0.1) is 0 Å². The summed E-state index contributed by atoms with van der Waals surface area (Å²) in [7, 11) is -3.47. The van der Waals surface area contributed by atoms with E-state index in [2.05, 4.69) is 5.32 Å². The van der Waals surface area contributed by atoms with Crippen molar-refractivity contribution in [2.45, 2.75) is 26.8 Å². The molecule has 0 aliphatic heterocycles. The third kappa shape index (κ3) is 5.99. The van der Waals surface area contributed by atoms with E-state index in [9.17, 15) is 13.8 Å². The fourth-order valence-electron chi connectivity index (χ4n) is 2.72. The molecule has 0 aromatic heterocycles. The Labute approximate surface area is 159 Å². The van der Waals surface area contributed by atoms with Crippen molar-refractivity contribution in [3.63, 3.8) is 0 Å². The van der Waals surface area contributed by atoms with E-state index in [1.54, 1.807) is 32.9 Å². The highest BCUT2D eigenvalue weighted by Crippen LogP contribution is 2.47. The molecule has 0 saturated heterocycles. The van der Waals surface area contributed by atoms with Crippen LogP contribution in [0.4, 0.5) is 4.39 Å². The highest BCUT2D eigenvalue weighted by Gasteiger charge is 2.28. The van der Waals surface area contributed by atoms with Crippen LogP contribution in [0.2, 0.25) is 0 Å². The molecule has 0 spiro atoms. The highest BCUT2D eigenvalue weighted by atomic mass is 31.2. The van der Waals surface area contributed by atoms with Crippen LogP contribution in [0.5, 0.6) is 0 Å². The van der Waals surface area contributed by atoms with E-state index in [1.807, 2.05) is 30.3 Å². The fourth-order valence-corrected chi connectivity index (χ4v) is 4.21. The summed E-state index contributed by atoms with van der Waals surface area (Å²) in [5, 5.41) is 2.72. The number of hydrogen-bond donors (Lipinski definition) is 1. The molecule has 1 N–H and O–H groups in total. The first kappa shape index (κ1) is 21.3. The molecule has 0 aliphatic carbocycles. The summed E-state index contributed by atoms with van der Waals surface area (Å²) in [6, 6.07) is 13.6. The van der Waals surface area contributed by atoms with Crippen LogP contribution in [0.15, 0.2) is 48.5 Å². The van der Waals surface area contributed by atoms with E-state index in [1.165, 1.54) is 6.07 Å². The predicted molar refractivity (Wildman–Crippen MR) is 104 cm³/mol. The van der Waals surface area contributed by atoms with Gasteiger partial charge in [-0.25, -0.2) is 4.39 Å². The Hall–Kier alpha value is -2.01. The quantitative estimate of drug-likeness (QED) is 0.613. The molecule has 27 heavy (non-hydrogen) atoms. The van der Waals surface area contributed by atoms with Crippen LogP contribution in [0.1, 0.15) is 32.4 Å². The average Bonchev–Trinajstić information content (AvgIpc) is 2.62. The van der Waals surface area contributed by atoms with Gasteiger partial charge in [0.2, 0.25) is 5.91 Å². The van der Waals surface area contributed by atoms with Crippen molar-refractivity contribution >= 4 is 13.5 Å². The minimum Gasteiger partial charge on any atom is -0.349 e. The normalized spacial score (nSPS) is 12.6. The van der Waals surface area contributed by atoms with Crippen LogP contribution in [-0.2, 0) is 18.4 Å². The van der Waals surface area contributed by atoms with Gasteiger partial charge in [-0.2, -0.15) is 0 Å². The van der Waals surface area contributed by atoms with Crippen molar-refractivity contribution in [2.24, 2.45) is 0 Å². The molecule has 146 valence electrons. The Morgan fingerprint density at radius 2 is 1.74 bits per heavy atom. The van der Waals surface area contributed by atoms with Crippen molar-refractivity contribution in [3.8, 4) is 11.1 Å². The molecule has 2 aromatic carbocycles. The Bertz CT molecular complexity index is 803. The number of carbonyl (C=O) groups excluding carboxylic acids is 1. The molecule has 2 aromatic rings. The minimum atomic E-state index is -3.47. The van der Waals surface area contributed by atoms with Gasteiger partial charge >= 0.3 is 7.60 Å². The Morgan fingerprint density at radius 1 is 1.11 bits per heavy atom. The number of nitrogens with one attached hydrogen (secondary N) is 1. The van der Waals surface area contributed by atoms with Crippen LogP contribution in [0.25, 0.3) is 11.1 Å². The van der Waals surface area contributed by atoms with Gasteiger partial charge in [-0.3, -0.25) is 9.36 Å². The maximum absolute atomic E-state index is 14.5. The van der Waals surface area contributed by atoms with Crippen molar-refractivity contribution < 1.29 is 22.8 Å². The van der Waals surface area contributed by atoms with Gasteiger partial charge in [0.1, 0.15) is 12.0 Å². The predicted octanol–water partition coefficient (Wildman–Crippen LogP) is 4.94. The molecule has 7 heteroatoms. The summed E-state index contributed by atoms with van der Waals surface area (Å²) in [6.45, 7) is 5.48. The number of amides is 1. The monoisotopic (exact) mass is 393 g/mol. The average molecular weight is 393 g/mol. The fraction of sp³-hybridized carbons (Fsp3) is 0.350. The van der Waals surface area contributed by atoms with Crippen LogP contribution in [-0.4, -0.2) is 25.3 Å². The molecule has 0 aliphatic rings. The summed E-state index contributed by atoms with van der Waals surface area (Å²) >= 11 is 0. The zero-order valence-electron chi connectivity index (χ0n) is 15.8. The molecule has 1 unspecified atom stereocenters. The van der Waals surface area contributed by atoms with Crippen LogP contribution in [0.3, 0.4) is 0 Å². The minimum absolute atomic E-state index is 0.187. The Balaban J connectivity index is 2.07. The maximum atomic E-state index is 14.5. The second-order valence-corrected chi connectivity index (χ2v) is 8.05. The zero-order chi connectivity index (χ0) is 19.9. The summed E-state index contributed by atoms with van der Waals surface area (Å²) < 4.78 is 37.2. The van der Waals surface area contributed by atoms with Gasteiger partial charge in [0.15, 0.2) is 0 Å². The largest absolute Gasteiger partial charge is 0.349 e. The molecule has 0 bridgehead atoms. The van der Waals surface area contributed by atoms with E-state index in [0.717, 1.165) is 5.56 Å². The third-order valence-electron chi connectivity index (χ3n) is 3.94. The SMILES string of the molecule is CCOP(=O)(CC(=O)NC(C)c1ccc(-c2ccccc2)c(F)c1)OCC. The molecule has 0 saturated carbocycles. The molecular formula is C20H25FNO4P. The van der Waals surface area contributed by atoms with E-state index in [4.69, 9.17) is 9.05 Å². The number of rotatable bonds is 9. The van der Waals surface area contributed by atoms with Gasteiger partial charge in [0, 0.05) is 5.56 Å². The first-order valence-corrected chi connectivity index (χ1v) is 10.6. The first-order chi connectivity index (χ1) is 12.9. The lowest BCUT2D eigenvalue weighted by atomic mass is 10.0. The second kappa shape index (κ2) is 9.79. The summed E-state index contributed by atoms with van der Waals surface area (Å²) in [5.74, 6) is -0.839. The summed E-state index contributed by atoms with van der Waals surface area (Å²) in [6.07, 6.45) is -0.371. The molecule has 2 rings (SSSR count). The van der Waals surface area contributed by atoms with Gasteiger partial charge in [-0.05, 0) is 38.0 Å². The Morgan fingerprint density at radius 3 is 2.30 bits per heavy atom. The molecule has 0 heterocycles. The van der Waals surface area contributed by atoms with E-state index < -0.39 is 19.5 Å². The topological polar surface area (TPSA) is 64.6 Å². The number of carbonyl (C=O) groups is 1. The molecule has 5 nitrogen and oxygen atoms in total. The van der Waals surface area contributed by atoms with E-state index in [-0.39, 0.29) is 25.2 Å². The number of halogens is 1. The molecule has 0 fully saturated rings. The molecule has 0 radical (unpaired) electrons. The standard InChI is InChI=1S/C20H25FNO4P/c1-4-25-27(24,26-5-2)14-20(23)22-15(3)17-11-12-18(19(21)13-17)16-9-7-6-8-10-16/h6-13,15H,4-5,14H2,1-3H3,(H,22,23). The maximum Gasteiger partial charge on any atom is 0.340 e. The first-order valence-electron chi connectivity index (χ1n) is 8.91. The molecule has 1 amide bonds. The number of hydrogen-bond acceptors (Lipinski definition) is 4. The molecule has 1 atom stereocenters. The molecular weight excluding hydrogens is 368 g/mol. The van der Waals surface area contributed by atoms with Crippen LogP contribution < -0.4 is 5.32 Å². The highest BCUT2D eigenvalue weighted by molar-refractivity contribution is 7.54. The van der Waals surface area contributed by atoms with E-state index >= 15 is 0 Å².